The minimum Gasteiger partial charge on any atom is -0.383 e. The lowest BCUT2D eigenvalue weighted by Gasteiger charge is -2.01. The molecule has 0 spiro atoms. The van der Waals surface area contributed by atoms with Crippen LogP contribution in [0.1, 0.15) is 9.67 Å². The molecule has 0 fully saturated rings. The van der Waals surface area contributed by atoms with Crippen molar-refractivity contribution in [2.75, 3.05) is 14.1 Å². The van der Waals surface area contributed by atoms with Crippen LogP contribution < -0.4 is 5.46 Å². The fraction of sp³-hybridized carbons (Fsp3) is 0.222. The Balaban J connectivity index is 2.69. The maximum absolute atomic E-state index is 11.4. The van der Waals surface area contributed by atoms with Crippen LogP contribution in [0, 0.1) is 0 Å². The van der Waals surface area contributed by atoms with Gasteiger partial charge in [-0.25, -0.2) is 0 Å². The van der Waals surface area contributed by atoms with Crippen molar-refractivity contribution in [1.29, 1.82) is 0 Å². The normalized spacial score (nSPS) is 10.6. The Kier molecular flexibility index (Phi) is 3.31. The van der Waals surface area contributed by atoms with E-state index in [1.807, 2.05) is 19.0 Å². The van der Waals surface area contributed by atoms with Crippen molar-refractivity contribution in [3.8, 4) is 0 Å². The molecule has 0 bridgehead atoms. The van der Waals surface area contributed by atoms with Crippen LogP contribution in [0.4, 0.5) is 0 Å². The van der Waals surface area contributed by atoms with Gasteiger partial charge in [0.1, 0.15) is 7.85 Å². The number of allylic oxidation sites excluding steroid dienone is 1. The summed E-state index contributed by atoms with van der Waals surface area (Å²) in [5.41, 5.74) is 0.645. The van der Waals surface area contributed by atoms with Crippen LogP contribution in [-0.2, 0) is 0 Å². The van der Waals surface area contributed by atoms with Crippen LogP contribution in [0.5, 0.6) is 0 Å². The van der Waals surface area contributed by atoms with E-state index >= 15 is 0 Å². The summed E-state index contributed by atoms with van der Waals surface area (Å²) >= 11 is 1.37. The Morgan fingerprint density at radius 3 is 2.77 bits per heavy atom. The van der Waals surface area contributed by atoms with Gasteiger partial charge in [0.25, 0.3) is 0 Å². The van der Waals surface area contributed by atoms with Crippen molar-refractivity contribution in [1.82, 2.24) is 4.90 Å². The van der Waals surface area contributed by atoms with Gasteiger partial charge >= 0.3 is 0 Å². The van der Waals surface area contributed by atoms with Gasteiger partial charge in [-0.15, -0.1) is 11.3 Å². The van der Waals surface area contributed by atoms with Crippen molar-refractivity contribution in [2.24, 2.45) is 0 Å². The first kappa shape index (κ1) is 10.1. The van der Waals surface area contributed by atoms with Gasteiger partial charge in [-0.1, -0.05) is 5.46 Å². The lowest BCUT2D eigenvalue weighted by atomic mass is 10.0. The first-order valence-electron chi connectivity index (χ1n) is 3.82. The smallest absolute Gasteiger partial charge is 0.197 e. The molecular formula is C9H10BNOS. The van der Waals surface area contributed by atoms with Crippen LogP contribution >= 0.6 is 11.3 Å². The van der Waals surface area contributed by atoms with Crippen LogP contribution in [0.3, 0.4) is 0 Å². The zero-order valence-electron chi connectivity index (χ0n) is 7.65. The fourth-order valence-electron chi connectivity index (χ4n) is 0.779. The van der Waals surface area contributed by atoms with E-state index in [4.69, 9.17) is 7.85 Å². The second-order valence-corrected chi connectivity index (χ2v) is 3.80. The Morgan fingerprint density at radius 2 is 2.31 bits per heavy atom. The predicted octanol–water partition coefficient (Wildman–Crippen LogP) is 0.800. The Morgan fingerprint density at radius 1 is 1.62 bits per heavy atom. The summed E-state index contributed by atoms with van der Waals surface area (Å²) in [5, 5.41) is 1.76. The zero-order valence-corrected chi connectivity index (χ0v) is 8.47. The highest BCUT2D eigenvalue weighted by molar-refractivity contribution is 7.13. The van der Waals surface area contributed by atoms with Gasteiger partial charge in [0.2, 0.25) is 0 Å². The third kappa shape index (κ3) is 3.07. The van der Waals surface area contributed by atoms with Crippen LogP contribution in [-0.4, -0.2) is 32.6 Å². The first-order chi connectivity index (χ1) is 6.09. The van der Waals surface area contributed by atoms with Crippen molar-refractivity contribution < 1.29 is 4.79 Å². The highest BCUT2D eigenvalue weighted by Crippen LogP contribution is 2.07. The summed E-state index contributed by atoms with van der Waals surface area (Å²) < 4.78 is 0. The van der Waals surface area contributed by atoms with E-state index in [9.17, 15) is 4.79 Å². The minimum absolute atomic E-state index is 0.00426. The van der Waals surface area contributed by atoms with Gasteiger partial charge in [0.15, 0.2) is 5.78 Å². The molecule has 2 radical (unpaired) electrons. The molecule has 0 saturated carbocycles. The molecule has 0 unspecified atom stereocenters. The lowest BCUT2D eigenvalue weighted by molar-refractivity contribution is 0.104. The summed E-state index contributed by atoms with van der Waals surface area (Å²) in [4.78, 5) is 13.9. The number of rotatable bonds is 3. The highest BCUT2D eigenvalue weighted by atomic mass is 32.1. The summed E-state index contributed by atoms with van der Waals surface area (Å²) in [5.74, 6) is -0.00426. The molecule has 0 aliphatic heterocycles. The topological polar surface area (TPSA) is 20.3 Å². The van der Waals surface area contributed by atoms with Crippen LogP contribution in [0.2, 0.25) is 0 Å². The van der Waals surface area contributed by atoms with E-state index < -0.39 is 0 Å². The largest absolute Gasteiger partial charge is 0.383 e. The molecule has 1 aromatic heterocycles. The van der Waals surface area contributed by atoms with Crippen LogP contribution in [0.25, 0.3) is 0 Å². The Labute approximate surface area is 83.3 Å². The van der Waals surface area contributed by atoms with Gasteiger partial charge in [-0.3, -0.25) is 4.79 Å². The molecule has 0 aliphatic carbocycles. The average Bonchev–Trinajstić information content (AvgIpc) is 2.47. The first-order valence-corrected chi connectivity index (χ1v) is 4.70. The van der Waals surface area contributed by atoms with Gasteiger partial charge < -0.3 is 4.90 Å². The molecule has 66 valence electrons. The minimum atomic E-state index is -0.00426. The van der Waals surface area contributed by atoms with Gasteiger partial charge in [0.05, 0.1) is 4.88 Å². The highest BCUT2D eigenvalue weighted by Gasteiger charge is 2.03. The van der Waals surface area contributed by atoms with Crippen molar-refractivity contribution in [2.45, 2.75) is 0 Å². The molecule has 0 N–H and O–H groups in total. The molecule has 13 heavy (non-hydrogen) atoms. The monoisotopic (exact) mass is 191 g/mol. The number of carbonyl (C=O) groups is 1. The fourth-order valence-corrected chi connectivity index (χ4v) is 1.50. The molecule has 0 amide bonds. The van der Waals surface area contributed by atoms with Gasteiger partial charge in [-0.2, -0.15) is 0 Å². The molecule has 0 atom stereocenters. The molecule has 1 aromatic rings. The lowest BCUT2D eigenvalue weighted by Crippen LogP contribution is -2.02. The van der Waals surface area contributed by atoms with Crippen molar-refractivity contribution in [3.05, 3.63) is 28.6 Å². The quantitative estimate of drug-likeness (QED) is 0.400. The molecule has 0 saturated heterocycles. The number of hydrogen-bond donors (Lipinski definition) is 0. The molecule has 0 aliphatic rings. The maximum atomic E-state index is 11.4. The maximum Gasteiger partial charge on any atom is 0.197 e. The van der Waals surface area contributed by atoms with E-state index in [-0.39, 0.29) is 5.78 Å². The second kappa shape index (κ2) is 4.28. The second-order valence-electron chi connectivity index (χ2n) is 2.89. The van der Waals surface area contributed by atoms with E-state index in [0.717, 1.165) is 0 Å². The number of ketones is 1. The zero-order chi connectivity index (χ0) is 9.84. The third-order valence-corrected chi connectivity index (χ3v) is 2.35. The summed E-state index contributed by atoms with van der Waals surface area (Å²) in [6.45, 7) is 0. The Hall–Kier alpha value is -1.03. The number of hydrogen-bond acceptors (Lipinski definition) is 3. The molecule has 1 heterocycles. The van der Waals surface area contributed by atoms with Crippen molar-refractivity contribution >= 4 is 30.4 Å². The standard InChI is InChI=1S/C9H10BNOS/c1-11(2)4-3-8(12)9-5-7(10)6-13-9/h3-6H,1-2H3. The summed E-state index contributed by atoms with van der Waals surface area (Å²) in [6.07, 6.45) is 3.25. The summed E-state index contributed by atoms with van der Waals surface area (Å²) in [7, 11) is 9.23. The average molecular weight is 191 g/mol. The van der Waals surface area contributed by atoms with E-state index in [2.05, 4.69) is 0 Å². The third-order valence-electron chi connectivity index (χ3n) is 1.39. The van der Waals surface area contributed by atoms with Crippen LogP contribution in [0.15, 0.2) is 23.7 Å². The van der Waals surface area contributed by atoms with Gasteiger partial charge in [0, 0.05) is 26.4 Å². The van der Waals surface area contributed by atoms with E-state index in [1.54, 1.807) is 17.6 Å². The predicted molar refractivity (Wildman–Crippen MR) is 56.9 cm³/mol. The SMILES string of the molecule is [B]c1csc(C(=O)C=CN(C)C)c1. The number of nitrogens with zero attached hydrogens (tertiary/aromatic N) is 1. The molecule has 1 rings (SSSR count). The molecular weight excluding hydrogens is 181 g/mol. The van der Waals surface area contributed by atoms with Crippen molar-refractivity contribution in [3.63, 3.8) is 0 Å². The molecule has 4 heteroatoms. The Bertz CT molecular complexity index is 330. The molecule has 2 nitrogen and oxygen atoms in total. The van der Waals surface area contributed by atoms with E-state index in [1.165, 1.54) is 17.4 Å². The number of carbonyl (C=O) groups excluding carboxylic acids is 1. The number of thiophene rings is 1. The summed E-state index contributed by atoms with van der Waals surface area (Å²) in [6, 6.07) is 1.69. The van der Waals surface area contributed by atoms with E-state index in [0.29, 0.717) is 10.3 Å². The molecule has 0 aromatic carbocycles. The van der Waals surface area contributed by atoms with Gasteiger partial charge in [-0.05, 0) is 11.4 Å².